The Hall–Kier alpha value is -2.52. The van der Waals surface area contributed by atoms with E-state index < -0.39 is 16.6 Å². The van der Waals surface area contributed by atoms with Crippen molar-refractivity contribution in [3.05, 3.63) is 53.6 Å². The molecule has 0 radical (unpaired) electrons. The topological polar surface area (TPSA) is 66.9 Å². The SMILES string of the molecule is CC1CCN(S(=O)(=O)c2ccc(C(=O)N3CCCc4cccc(OC(F)F)c43)cc2)CC1. The fourth-order valence-corrected chi connectivity index (χ4v) is 5.78. The summed E-state index contributed by atoms with van der Waals surface area (Å²) in [6.07, 6.45) is 3.00. The third-order valence-electron chi connectivity index (χ3n) is 6.12. The first-order valence-corrected chi connectivity index (χ1v) is 12.2. The third kappa shape index (κ3) is 4.49. The van der Waals surface area contributed by atoms with Gasteiger partial charge in [0, 0.05) is 25.2 Å². The van der Waals surface area contributed by atoms with Crippen LogP contribution in [0.25, 0.3) is 0 Å². The van der Waals surface area contributed by atoms with Gasteiger partial charge in [0.15, 0.2) is 0 Å². The van der Waals surface area contributed by atoms with Crippen LogP contribution in [0.2, 0.25) is 0 Å². The van der Waals surface area contributed by atoms with Crippen molar-refractivity contribution in [2.24, 2.45) is 5.92 Å². The lowest BCUT2D eigenvalue weighted by molar-refractivity contribution is -0.0495. The number of aryl methyl sites for hydroxylation is 1. The molecule has 6 nitrogen and oxygen atoms in total. The molecule has 0 aromatic heterocycles. The van der Waals surface area contributed by atoms with Crippen molar-refractivity contribution in [2.75, 3.05) is 24.5 Å². The molecule has 2 aromatic carbocycles. The molecule has 2 heterocycles. The van der Waals surface area contributed by atoms with Gasteiger partial charge in [0.1, 0.15) is 5.75 Å². The molecule has 1 saturated heterocycles. The highest BCUT2D eigenvalue weighted by Crippen LogP contribution is 2.38. The second-order valence-corrected chi connectivity index (χ2v) is 10.3. The van der Waals surface area contributed by atoms with E-state index in [1.54, 1.807) is 12.1 Å². The van der Waals surface area contributed by atoms with Gasteiger partial charge in [-0.15, -0.1) is 0 Å². The number of alkyl halides is 2. The Balaban J connectivity index is 1.58. The second-order valence-electron chi connectivity index (χ2n) is 8.31. The molecule has 0 aliphatic carbocycles. The van der Waals surface area contributed by atoms with Gasteiger partial charge in [0.25, 0.3) is 5.91 Å². The van der Waals surface area contributed by atoms with Crippen LogP contribution in [0, 0.1) is 5.92 Å². The summed E-state index contributed by atoms with van der Waals surface area (Å²) in [5.74, 6) is 0.0869. The molecule has 0 atom stereocenters. The molecule has 2 aliphatic heterocycles. The lowest BCUT2D eigenvalue weighted by atomic mass is 10.00. The number of carbonyl (C=O) groups excluding carboxylic acids is 1. The molecule has 2 aliphatic rings. The molecule has 1 amide bonds. The van der Waals surface area contributed by atoms with Gasteiger partial charge < -0.3 is 9.64 Å². The quantitative estimate of drug-likeness (QED) is 0.662. The molecule has 4 rings (SSSR count). The van der Waals surface area contributed by atoms with Crippen LogP contribution in [0.1, 0.15) is 42.1 Å². The fraction of sp³-hybridized carbons (Fsp3) is 0.435. The number of amides is 1. The van der Waals surface area contributed by atoms with E-state index in [-0.39, 0.29) is 22.1 Å². The summed E-state index contributed by atoms with van der Waals surface area (Å²) in [7, 11) is -3.62. The molecular weight excluding hydrogens is 438 g/mol. The van der Waals surface area contributed by atoms with Gasteiger partial charge in [-0.3, -0.25) is 4.79 Å². The molecule has 172 valence electrons. The number of halogens is 2. The first-order valence-electron chi connectivity index (χ1n) is 10.8. The van der Waals surface area contributed by atoms with Crippen LogP contribution >= 0.6 is 0 Å². The molecule has 0 unspecified atom stereocenters. The monoisotopic (exact) mass is 464 g/mol. The van der Waals surface area contributed by atoms with Crippen LogP contribution in [0.5, 0.6) is 5.75 Å². The summed E-state index contributed by atoms with van der Waals surface area (Å²) in [6.45, 7) is 0.452. The number of anilines is 1. The van der Waals surface area contributed by atoms with Gasteiger partial charge in [-0.25, -0.2) is 8.42 Å². The molecule has 9 heteroatoms. The number of nitrogens with zero attached hydrogens (tertiary/aromatic N) is 2. The van der Waals surface area contributed by atoms with Crippen molar-refractivity contribution in [3.8, 4) is 5.75 Å². The van der Waals surface area contributed by atoms with Crippen LogP contribution in [-0.2, 0) is 16.4 Å². The zero-order valence-corrected chi connectivity index (χ0v) is 18.7. The minimum absolute atomic E-state index is 0.0379. The van der Waals surface area contributed by atoms with Crippen LogP contribution in [0.15, 0.2) is 47.4 Å². The summed E-state index contributed by atoms with van der Waals surface area (Å²) in [4.78, 5) is 14.8. The number of carbonyl (C=O) groups is 1. The Kier molecular flexibility index (Phi) is 6.48. The number of ether oxygens (including phenoxy) is 1. The number of hydrogen-bond donors (Lipinski definition) is 0. The molecule has 0 spiro atoms. The molecule has 0 bridgehead atoms. The maximum atomic E-state index is 13.2. The van der Waals surface area contributed by atoms with Crippen molar-refractivity contribution >= 4 is 21.6 Å². The van der Waals surface area contributed by atoms with Crippen LogP contribution in [0.4, 0.5) is 14.5 Å². The van der Waals surface area contributed by atoms with Crippen molar-refractivity contribution in [3.63, 3.8) is 0 Å². The second kappa shape index (κ2) is 9.15. The van der Waals surface area contributed by atoms with Gasteiger partial charge >= 0.3 is 6.61 Å². The Morgan fingerprint density at radius 1 is 1.06 bits per heavy atom. The van der Waals surface area contributed by atoms with E-state index >= 15 is 0 Å². The van der Waals surface area contributed by atoms with Crippen molar-refractivity contribution < 1.29 is 26.7 Å². The number of para-hydroxylation sites is 1. The molecule has 2 aromatic rings. The summed E-state index contributed by atoms with van der Waals surface area (Å²) in [6, 6.07) is 10.7. The van der Waals surface area contributed by atoms with E-state index in [0.717, 1.165) is 18.4 Å². The van der Waals surface area contributed by atoms with Crippen LogP contribution in [-0.4, -0.2) is 44.9 Å². The highest BCUT2D eigenvalue weighted by atomic mass is 32.2. The number of hydrogen-bond acceptors (Lipinski definition) is 4. The molecular formula is C23H26F2N2O4S. The van der Waals surface area contributed by atoms with Gasteiger partial charge in [-0.1, -0.05) is 19.1 Å². The number of benzene rings is 2. The first kappa shape index (κ1) is 22.7. The molecule has 0 N–H and O–H groups in total. The Morgan fingerprint density at radius 3 is 2.41 bits per heavy atom. The van der Waals surface area contributed by atoms with Crippen molar-refractivity contribution in [1.82, 2.24) is 4.31 Å². The predicted octanol–water partition coefficient (Wildman–Crippen LogP) is 4.30. The van der Waals surface area contributed by atoms with Crippen LogP contribution in [0.3, 0.4) is 0 Å². The van der Waals surface area contributed by atoms with Gasteiger partial charge in [-0.05, 0) is 67.5 Å². The summed E-state index contributed by atoms with van der Waals surface area (Å²) >= 11 is 0. The largest absolute Gasteiger partial charge is 0.433 e. The number of rotatable bonds is 5. The summed E-state index contributed by atoms with van der Waals surface area (Å²) in [5.41, 5.74) is 1.40. The average molecular weight is 465 g/mol. The molecule has 0 saturated carbocycles. The number of sulfonamides is 1. The van der Waals surface area contributed by atoms with Gasteiger partial charge in [0.05, 0.1) is 10.6 Å². The van der Waals surface area contributed by atoms with Crippen LogP contribution < -0.4 is 9.64 Å². The molecule has 1 fully saturated rings. The zero-order chi connectivity index (χ0) is 22.9. The highest BCUT2D eigenvalue weighted by Gasteiger charge is 2.30. The Bertz CT molecular complexity index is 1080. The van der Waals surface area contributed by atoms with E-state index in [9.17, 15) is 22.0 Å². The Labute approximate surface area is 186 Å². The highest BCUT2D eigenvalue weighted by molar-refractivity contribution is 7.89. The van der Waals surface area contributed by atoms with Gasteiger partial charge in [0.2, 0.25) is 10.0 Å². The standard InChI is InChI=1S/C23H26F2N2O4S/c1-16-11-14-26(15-12-16)32(29,30)19-9-7-18(8-10-19)22(28)27-13-3-5-17-4-2-6-20(21(17)27)31-23(24)25/h2,4,6-10,16,23H,3,5,11-15H2,1H3. The smallest absolute Gasteiger partial charge is 0.387 e. The van der Waals surface area contributed by atoms with E-state index in [2.05, 4.69) is 11.7 Å². The fourth-order valence-electron chi connectivity index (χ4n) is 4.31. The normalized spacial score (nSPS) is 17.9. The minimum Gasteiger partial charge on any atom is -0.433 e. The van der Waals surface area contributed by atoms with E-state index in [4.69, 9.17) is 0 Å². The summed E-state index contributed by atoms with van der Waals surface area (Å²) < 4.78 is 57.8. The number of fused-ring (bicyclic) bond motifs is 1. The van der Waals surface area contributed by atoms with E-state index in [1.165, 1.54) is 39.5 Å². The minimum atomic E-state index is -3.62. The van der Waals surface area contributed by atoms with E-state index in [0.29, 0.717) is 44.1 Å². The third-order valence-corrected chi connectivity index (χ3v) is 8.04. The number of piperidine rings is 1. The zero-order valence-electron chi connectivity index (χ0n) is 17.8. The van der Waals surface area contributed by atoms with Gasteiger partial charge in [-0.2, -0.15) is 13.1 Å². The Morgan fingerprint density at radius 2 is 1.75 bits per heavy atom. The molecule has 32 heavy (non-hydrogen) atoms. The lowest BCUT2D eigenvalue weighted by Gasteiger charge is -2.31. The van der Waals surface area contributed by atoms with Crippen molar-refractivity contribution in [1.29, 1.82) is 0 Å². The van der Waals surface area contributed by atoms with Crippen molar-refractivity contribution in [2.45, 2.75) is 44.1 Å². The van der Waals surface area contributed by atoms with E-state index in [1.807, 2.05) is 0 Å². The maximum Gasteiger partial charge on any atom is 0.387 e. The lowest BCUT2D eigenvalue weighted by Crippen LogP contribution is -2.38. The first-order chi connectivity index (χ1) is 15.3. The average Bonchev–Trinajstić information content (AvgIpc) is 2.78. The maximum absolute atomic E-state index is 13.2. The predicted molar refractivity (Wildman–Crippen MR) is 117 cm³/mol. The summed E-state index contributed by atoms with van der Waals surface area (Å²) in [5, 5.41) is 0.